The first-order valence-electron chi connectivity index (χ1n) is 12.0. The lowest BCUT2D eigenvalue weighted by Crippen LogP contribution is -2.66. The number of aromatic hydroxyl groups is 1. The zero-order valence-corrected chi connectivity index (χ0v) is 21.3. The Labute approximate surface area is 225 Å². The summed E-state index contributed by atoms with van der Waals surface area (Å²) in [7, 11) is -4.40. The number of ketones is 2. The topological polar surface area (TPSA) is 247 Å². The van der Waals surface area contributed by atoms with Crippen LogP contribution in [-0.2, 0) is 30.8 Å². The highest BCUT2D eigenvalue weighted by Crippen LogP contribution is 2.57. The molecule has 1 amide bonds. The number of nitrogens with two attached hydrogens (primary N) is 1. The Bertz CT molecular complexity index is 1650. The van der Waals surface area contributed by atoms with E-state index in [1.165, 1.54) is 6.07 Å². The fourth-order valence-corrected chi connectivity index (χ4v) is 7.05. The Morgan fingerprint density at radius 3 is 2.38 bits per heavy atom. The number of aliphatic hydroxyl groups is 3. The summed E-state index contributed by atoms with van der Waals surface area (Å²) in [5.41, 5.74) is -0.556. The van der Waals surface area contributed by atoms with Gasteiger partial charge in [0.2, 0.25) is 11.7 Å². The maximum atomic E-state index is 13.6. The van der Waals surface area contributed by atoms with Crippen LogP contribution >= 0.6 is 0 Å². The molecular weight excluding hydrogens is 550 g/mol. The Hall–Kier alpha value is -4.34. The molecule has 2 fully saturated rings. The van der Waals surface area contributed by atoms with Gasteiger partial charge in [-0.2, -0.15) is 0 Å². The maximum Gasteiger partial charge on any atom is 0.269 e. The number of nitrogens with zero attached hydrogens (tertiary/aromatic N) is 1. The first kappa shape index (κ1) is 27.2. The number of fused-ring (bicyclic) bond motifs is 3. The second-order valence-electron chi connectivity index (χ2n) is 10.2. The minimum absolute atomic E-state index is 0.122. The van der Waals surface area contributed by atoms with E-state index < -0.39 is 90.2 Å². The smallest absolute Gasteiger partial charge is 0.269 e. The van der Waals surface area contributed by atoms with E-state index in [1.54, 1.807) is 0 Å². The molecule has 2 saturated carbocycles. The third-order valence-electron chi connectivity index (χ3n) is 7.94. The lowest BCUT2D eigenvalue weighted by Gasteiger charge is -2.51. The molecule has 3 aliphatic carbocycles. The van der Waals surface area contributed by atoms with E-state index in [1.807, 2.05) is 0 Å². The van der Waals surface area contributed by atoms with E-state index in [-0.39, 0.29) is 35.4 Å². The van der Waals surface area contributed by atoms with Crippen LogP contribution in [0.5, 0.6) is 5.75 Å². The van der Waals surface area contributed by atoms with Crippen LogP contribution in [0.3, 0.4) is 0 Å². The number of amides is 1. The minimum atomic E-state index is -4.40. The molecule has 0 aliphatic heterocycles. The summed E-state index contributed by atoms with van der Waals surface area (Å²) in [5, 5.41) is 54.4. The number of Topliss-reactive ketones (excluding diaryl/α,β-unsaturated/α-hetero) is 2. The molecule has 0 spiro atoms. The van der Waals surface area contributed by atoms with E-state index in [9.17, 15) is 53.3 Å². The lowest BCUT2D eigenvalue weighted by atomic mass is 9.52. The highest BCUT2D eigenvalue weighted by molar-refractivity contribution is 7.92. The molecular formula is C25H23N3O11S. The van der Waals surface area contributed by atoms with Crippen molar-refractivity contribution in [1.82, 2.24) is 0 Å². The van der Waals surface area contributed by atoms with Gasteiger partial charge in [0, 0.05) is 24.5 Å². The Balaban J connectivity index is 1.61. The van der Waals surface area contributed by atoms with Crippen LogP contribution in [0.1, 0.15) is 30.4 Å². The van der Waals surface area contributed by atoms with Gasteiger partial charge in [0.1, 0.15) is 5.76 Å². The van der Waals surface area contributed by atoms with Gasteiger partial charge in [-0.25, -0.2) is 8.42 Å². The third kappa shape index (κ3) is 3.76. The SMILES string of the molecule is NC(=O)C12Cc3ccc(NS(=O)(=O)c4ccc([N+](=O)[O-])cc4)c(O)c3C(O)=C1C(=O)C1(O)C(=O)CC(O)CC1C2. The van der Waals surface area contributed by atoms with Gasteiger partial charge in [-0.1, -0.05) is 6.07 Å². The normalized spacial score (nSPS) is 27.9. The number of primary amides is 1. The van der Waals surface area contributed by atoms with E-state index >= 15 is 0 Å². The van der Waals surface area contributed by atoms with Crippen LogP contribution in [0.2, 0.25) is 0 Å². The Morgan fingerprint density at radius 2 is 1.77 bits per heavy atom. The van der Waals surface area contributed by atoms with Crippen molar-refractivity contribution in [3.8, 4) is 5.75 Å². The predicted molar refractivity (Wildman–Crippen MR) is 135 cm³/mol. The fourth-order valence-electron chi connectivity index (χ4n) is 5.99. The number of hydrogen-bond acceptors (Lipinski definition) is 11. The molecule has 4 unspecified atom stereocenters. The fraction of sp³-hybridized carbons (Fsp3) is 0.320. The molecule has 4 atom stereocenters. The number of nitrogens with one attached hydrogen (secondary N) is 1. The van der Waals surface area contributed by atoms with Crippen molar-refractivity contribution in [3.05, 3.63) is 63.2 Å². The maximum absolute atomic E-state index is 13.6. The zero-order valence-electron chi connectivity index (χ0n) is 20.5. The third-order valence-corrected chi connectivity index (χ3v) is 9.33. The number of aliphatic hydroxyl groups excluding tert-OH is 2. The number of hydrogen-bond donors (Lipinski definition) is 6. The van der Waals surface area contributed by atoms with Gasteiger partial charge in [-0.05, 0) is 43.0 Å². The molecule has 0 radical (unpaired) electrons. The summed E-state index contributed by atoms with van der Waals surface area (Å²) in [5.74, 6) is -6.24. The average Bonchev–Trinajstić information content (AvgIpc) is 2.87. The van der Waals surface area contributed by atoms with Crippen molar-refractivity contribution < 1.29 is 48.2 Å². The highest BCUT2D eigenvalue weighted by Gasteiger charge is 2.66. The summed E-state index contributed by atoms with van der Waals surface area (Å²) >= 11 is 0. The number of phenolic OH excluding ortho intramolecular Hbond substituents is 1. The van der Waals surface area contributed by atoms with Crippen molar-refractivity contribution in [2.45, 2.75) is 42.3 Å². The van der Waals surface area contributed by atoms with E-state index in [2.05, 4.69) is 4.72 Å². The molecule has 2 aromatic rings. The van der Waals surface area contributed by atoms with Crippen LogP contribution in [0.4, 0.5) is 11.4 Å². The van der Waals surface area contributed by atoms with Crippen molar-refractivity contribution in [2.24, 2.45) is 17.1 Å². The van der Waals surface area contributed by atoms with Crippen molar-refractivity contribution in [2.75, 3.05) is 4.72 Å². The predicted octanol–water partition coefficient (Wildman–Crippen LogP) is 0.442. The van der Waals surface area contributed by atoms with Crippen molar-refractivity contribution in [1.29, 1.82) is 0 Å². The largest absolute Gasteiger partial charge is 0.507 e. The first-order chi connectivity index (χ1) is 18.6. The number of rotatable bonds is 5. The molecule has 210 valence electrons. The number of nitro benzene ring substituents is 1. The standard InChI is InChI=1S/C25H23N3O11S/c26-23(34)24-9-11-1-6-16(27-40(38,39)15-4-2-13(3-5-15)28(36)37)20(31)18(11)21(32)19(24)22(33)25(35)12(10-24)7-14(29)8-17(25)30/h1-6,12,14,27,29,31-32,35H,7-10H2,(H2,26,34). The number of anilines is 1. The number of benzene rings is 2. The number of carbonyl (C=O) groups excluding carboxylic acids is 3. The van der Waals surface area contributed by atoms with E-state index in [0.29, 0.717) is 0 Å². The lowest BCUT2D eigenvalue weighted by molar-refractivity contribution is -0.384. The number of non-ortho nitro benzene ring substituents is 1. The number of carbonyl (C=O) groups is 3. The van der Waals surface area contributed by atoms with E-state index in [4.69, 9.17) is 5.73 Å². The monoisotopic (exact) mass is 573 g/mol. The van der Waals surface area contributed by atoms with Crippen LogP contribution in [0, 0.1) is 21.4 Å². The van der Waals surface area contributed by atoms with Crippen LogP contribution in [-0.4, -0.2) is 62.9 Å². The van der Waals surface area contributed by atoms with Crippen molar-refractivity contribution >= 4 is 44.6 Å². The second kappa shape index (κ2) is 8.84. The second-order valence-corrected chi connectivity index (χ2v) is 11.9. The highest BCUT2D eigenvalue weighted by atomic mass is 32.2. The van der Waals surface area contributed by atoms with E-state index in [0.717, 1.165) is 30.3 Å². The summed E-state index contributed by atoms with van der Waals surface area (Å²) < 4.78 is 27.9. The molecule has 0 saturated heterocycles. The van der Waals surface area contributed by atoms with Crippen molar-refractivity contribution in [3.63, 3.8) is 0 Å². The quantitative estimate of drug-likeness (QED) is 0.124. The zero-order chi connectivity index (χ0) is 29.4. The number of nitro groups is 1. The van der Waals surface area contributed by atoms with Gasteiger partial charge >= 0.3 is 0 Å². The Kier molecular flexibility index (Phi) is 6.02. The molecule has 40 heavy (non-hydrogen) atoms. The van der Waals surface area contributed by atoms with Crippen LogP contribution in [0.25, 0.3) is 5.76 Å². The van der Waals surface area contributed by atoms with Gasteiger partial charge in [0.25, 0.3) is 15.7 Å². The summed E-state index contributed by atoms with van der Waals surface area (Å²) in [6.45, 7) is 0. The summed E-state index contributed by atoms with van der Waals surface area (Å²) in [6.07, 6.45) is -2.52. The van der Waals surface area contributed by atoms with Crippen LogP contribution < -0.4 is 10.5 Å². The molecule has 0 heterocycles. The first-order valence-corrected chi connectivity index (χ1v) is 13.5. The molecule has 0 aromatic heterocycles. The molecule has 3 aliphatic rings. The van der Waals surface area contributed by atoms with Gasteiger partial charge in [0.05, 0.1) is 38.2 Å². The molecule has 15 heteroatoms. The molecule has 7 N–H and O–H groups in total. The Morgan fingerprint density at radius 1 is 1.12 bits per heavy atom. The molecule has 2 aromatic carbocycles. The summed E-state index contributed by atoms with van der Waals surface area (Å²) in [6, 6.07) is 6.35. The van der Waals surface area contributed by atoms with Crippen LogP contribution in [0.15, 0.2) is 46.9 Å². The molecule has 5 rings (SSSR count). The minimum Gasteiger partial charge on any atom is -0.507 e. The number of sulfonamides is 1. The molecule has 14 nitrogen and oxygen atoms in total. The number of phenols is 1. The summed E-state index contributed by atoms with van der Waals surface area (Å²) in [4.78, 5) is 48.9. The van der Waals surface area contributed by atoms with Gasteiger partial charge in [-0.15, -0.1) is 0 Å². The average molecular weight is 574 g/mol. The van der Waals surface area contributed by atoms with Gasteiger partial charge in [0.15, 0.2) is 17.1 Å². The van der Waals surface area contributed by atoms with Gasteiger partial charge in [-0.3, -0.25) is 29.2 Å². The molecule has 0 bridgehead atoms. The van der Waals surface area contributed by atoms with Gasteiger partial charge < -0.3 is 26.2 Å².